The summed E-state index contributed by atoms with van der Waals surface area (Å²) in [5.74, 6) is 0. The van der Waals surface area contributed by atoms with E-state index < -0.39 is 11.0 Å². The van der Waals surface area contributed by atoms with Crippen molar-refractivity contribution < 1.29 is 10.0 Å². The number of rotatable bonds is 7. The Balaban J connectivity index is 0.00000127. The van der Waals surface area contributed by atoms with Crippen molar-refractivity contribution in [1.82, 2.24) is 5.32 Å². The molecule has 2 N–H and O–H groups in total. The Morgan fingerprint density at radius 3 is 2.26 bits per heavy atom. The second-order valence-electron chi connectivity index (χ2n) is 4.80. The van der Waals surface area contributed by atoms with Gasteiger partial charge in [0.1, 0.15) is 0 Å². The molecule has 0 aromatic heterocycles. The van der Waals surface area contributed by atoms with Crippen LogP contribution in [0.1, 0.15) is 31.1 Å². The summed E-state index contributed by atoms with van der Waals surface area (Å²) in [5.41, 5.74) is 2.02. The van der Waals surface area contributed by atoms with Crippen LogP contribution in [0.5, 0.6) is 0 Å². The molecule has 5 nitrogen and oxygen atoms in total. The second-order valence-corrected chi connectivity index (χ2v) is 4.80. The van der Waals surface area contributed by atoms with E-state index in [-0.39, 0.29) is 5.69 Å². The fourth-order valence-electron chi connectivity index (χ4n) is 2.05. The maximum atomic E-state index is 10.5. The van der Waals surface area contributed by atoms with Crippen molar-refractivity contribution in [3.8, 4) is 0 Å². The molecule has 0 saturated heterocycles. The molecule has 5 heteroatoms. The van der Waals surface area contributed by atoms with Crippen LogP contribution < -0.4 is 5.32 Å². The van der Waals surface area contributed by atoms with Crippen molar-refractivity contribution in [3.05, 3.63) is 75.8 Å². The first-order valence-corrected chi connectivity index (χ1v) is 7.84. The van der Waals surface area contributed by atoms with E-state index in [2.05, 4.69) is 5.32 Å². The standard InChI is InChI=1S/C16H18N2O3.C2H6/c19-16(14-4-2-1-3-5-14)12-17-11-10-13-6-8-15(9-7-13)18(20)21;1-2/h1-9,16-17,19H,10-12H2;1-2H3. The van der Waals surface area contributed by atoms with Crippen LogP contribution in [-0.4, -0.2) is 23.1 Å². The summed E-state index contributed by atoms with van der Waals surface area (Å²) in [6.07, 6.45) is 0.238. The number of nitro benzene ring substituents is 1. The number of aliphatic hydroxyl groups excluding tert-OH is 1. The van der Waals surface area contributed by atoms with Crippen molar-refractivity contribution >= 4 is 5.69 Å². The highest BCUT2D eigenvalue weighted by Gasteiger charge is 2.06. The zero-order valence-corrected chi connectivity index (χ0v) is 13.6. The van der Waals surface area contributed by atoms with E-state index >= 15 is 0 Å². The second kappa shape index (κ2) is 10.5. The maximum absolute atomic E-state index is 10.5. The zero-order valence-electron chi connectivity index (χ0n) is 13.6. The highest BCUT2D eigenvalue weighted by Crippen LogP contribution is 2.12. The van der Waals surface area contributed by atoms with E-state index in [0.29, 0.717) is 13.1 Å². The molecule has 0 heterocycles. The molecule has 0 amide bonds. The van der Waals surface area contributed by atoms with Gasteiger partial charge in [0.05, 0.1) is 11.0 Å². The average Bonchev–Trinajstić information content (AvgIpc) is 2.61. The minimum absolute atomic E-state index is 0.103. The molecule has 1 unspecified atom stereocenters. The summed E-state index contributed by atoms with van der Waals surface area (Å²) < 4.78 is 0. The molecule has 2 rings (SSSR count). The van der Waals surface area contributed by atoms with Crippen molar-refractivity contribution in [3.63, 3.8) is 0 Å². The average molecular weight is 316 g/mol. The zero-order chi connectivity index (χ0) is 17.1. The molecule has 0 saturated carbocycles. The number of non-ortho nitro benzene ring substituents is 1. The molecule has 0 radical (unpaired) electrons. The Morgan fingerprint density at radius 1 is 1.09 bits per heavy atom. The predicted molar refractivity (Wildman–Crippen MR) is 92.4 cm³/mol. The van der Waals surface area contributed by atoms with E-state index in [9.17, 15) is 15.2 Å². The summed E-state index contributed by atoms with van der Waals surface area (Å²) in [6, 6.07) is 16.0. The van der Waals surface area contributed by atoms with Gasteiger partial charge in [-0.25, -0.2) is 0 Å². The van der Waals surface area contributed by atoms with Crippen LogP contribution in [0.2, 0.25) is 0 Å². The van der Waals surface area contributed by atoms with Gasteiger partial charge in [-0.2, -0.15) is 0 Å². The molecular formula is C18H24N2O3. The van der Waals surface area contributed by atoms with Crippen LogP contribution in [0, 0.1) is 10.1 Å². The molecule has 23 heavy (non-hydrogen) atoms. The molecule has 2 aromatic carbocycles. The quantitative estimate of drug-likeness (QED) is 0.466. The van der Waals surface area contributed by atoms with Crippen molar-refractivity contribution in [2.75, 3.05) is 13.1 Å². The Labute approximate surface area is 137 Å². The summed E-state index contributed by atoms with van der Waals surface area (Å²) in [7, 11) is 0. The van der Waals surface area contributed by atoms with E-state index in [4.69, 9.17) is 0 Å². The van der Waals surface area contributed by atoms with Crippen LogP contribution in [0.4, 0.5) is 5.69 Å². The van der Waals surface area contributed by atoms with Gasteiger partial charge in [0.25, 0.3) is 5.69 Å². The Hall–Kier alpha value is -2.24. The van der Waals surface area contributed by atoms with Crippen LogP contribution in [-0.2, 0) is 6.42 Å². The molecule has 124 valence electrons. The van der Waals surface area contributed by atoms with Crippen LogP contribution in [0.15, 0.2) is 54.6 Å². The Bertz CT molecular complexity index is 571. The Kier molecular flexibility index (Phi) is 8.57. The van der Waals surface area contributed by atoms with Crippen LogP contribution in [0.25, 0.3) is 0 Å². The lowest BCUT2D eigenvalue weighted by molar-refractivity contribution is -0.384. The lowest BCUT2D eigenvalue weighted by atomic mass is 10.1. The lowest BCUT2D eigenvalue weighted by Gasteiger charge is -2.12. The number of nitrogens with zero attached hydrogens (tertiary/aromatic N) is 1. The highest BCUT2D eigenvalue weighted by molar-refractivity contribution is 5.32. The highest BCUT2D eigenvalue weighted by atomic mass is 16.6. The van der Waals surface area contributed by atoms with Crippen molar-refractivity contribution in [1.29, 1.82) is 0 Å². The third-order valence-electron chi connectivity index (χ3n) is 3.26. The molecule has 0 bridgehead atoms. The van der Waals surface area contributed by atoms with Gasteiger partial charge >= 0.3 is 0 Å². The van der Waals surface area contributed by atoms with Crippen LogP contribution in [0.3, 0.4) is 0 Å². The monoisotopic (exact) mass is 316 g/mol. The molecule has 2 aromatic rings. The Morgan fingerprint density at radius 2 is 1.70 bits per heavy atom. The molecule has 0 spiro atoms. The topological polar surface area (TPSA) is 75.4 Å². The molecule has 0 aliphatic carbocycles. The first-order chi connectivity index (χ1) is 11.2. The third-order valence-corrected chi connectivity index (χ3v) is 3.26. The van der Waals surface area contributed by atoms with Gasteiger partial charge in [0, 0.05) is 18.7 Å². The van der Waals surface area contributed by atoms with Gasteiger partial charge < -0.3 is 10.4 Å². The SMILES string of the molecule is CC.O=[N+]([O-])c1ccc(CCNCC(O)c2ccccc2)cc1. The van der Waals surface area contributed by atoms with E-state index in [1.807, 2.05) is 44.2 Å². The van der Waals surface area contributed by atoms with Gasteiger partial charge in [0.2, 0.25) is 0 Å². The van der Waals surface area contributed by atoms with Gasteiger partial charge in [-0.3, -0.25) is 10.1 Å². The van der Waals surface area contributed by atoms with E-state index in [1.165, 1.54) is 12.1 Å². The van der Waals surface area contributed by atoms with E-state index in [1.54, 1.807) is 12.1 Å². The molecular weight excluding hydrogens is 292 g/mol. The third kappa shape index (κ3) is 6.59. The molecule has 0 aliphatic rings. The van der Waals surface area contributed by atoms with Gasteiger partial charge in [0.15, 0.2) is 0 Å². The fraction of sp³-hybridized carbons (Fsp3) is 0.333. The number of benzene rings is 2. The van der Waals surface area contributed by atoms with Crippen molar-refractivity contribution in [2.45, 2.75) is 26.4 Å². The van der Waals surface area contributed by atoms with E-state index in [0.717, 1.165) is 17.5 Å². The molecule has 0 aliphatic heterocycles. The van der Waals surface area contributed by atoms with Gasteiger partial charge in [-0.05, 0) is 24.1 Å². The minimum atomic E-state index is -0.525. The smallest absolute Gasteiger partial charge is 0.269 e. The number of nitrogens with one attached hydrogen (secondary N) is 1. The van der Waals surface area contributed by atoms with Gasteiger partial charge in [-0.15, -0.1) is 0 Å². The first kappa shape index (κ1) is 18.8. The largest absolute Gasteiger partial charge is 0.387 e. The fourth-order valence-corrected chi connectivity index (χ4v) is 2.05. The maximum Gasteiger partial charge on any atom is 0.269 e. The summed E-state index contributed by atoms with van der Waals surface area (Å²) in [5, 5.41) is 23.7. The lowest BCUT2D eigenvalue weighted by Crippen LogP contribution is -2.23. The minimum Gasteiger partial charge on any atom is -0.387 e. The first-order valence-electron chi connectivity index (χ1n) is 7.84. The van der Waals surface area contributed by atoms with Crippen molar-refractivity contribution in [2.24, 2.45) is 0 Å². The summed E-state index contributed by atoms with van der Waals surface area (Å²) in [4.78, 5) is 10.1. The number of hydrogen-bond donors (Lipinski definition) is 2. The number of aliphatic hydroxyl groups is 1. The normalized spacial score (nSPS) is 11.3. The predicted octanol–water partition coefficient (Wildman–Crippen LogP) is 3.49. The molecule has 0 fully saturated rings. The van der Waals surface area contributed by atoms with Gasteiger partial charge in [-0.1, -0.05) is 56.3 Å². The molecule has 1 atom stereocenters. The summed E-state index contributed by atoms with van der Waals surface area (Å²) in [6.45, 7) is 5.19. The number of nitro groups is 1. The van der Waals surface area contributed by atoms with Crippen LogP contribution >= 0.6 is 0 Å². The number of hydrogen-bond acceptors (Lipinski definition) is 4. The summed E-state index contributed by atoms with van der Waals surface area (Å²) >= 11 is 0.